The molecular formula is C23H33N3O3. The van der Waals surface area contributed by atoms with E-state index in [1.165, 1.54) is 5.56 Å². The second kappa shape index (κ2) is 13.6. The van der Waals surface area contributed by atoms with E-state index < -0.39 is 0 Å². The van der Waals surface area contributed by atoms with Gasteiger partial charge in [0.15, 0.2) is 5.96 Å². The molecule has 0 amide bonds. The molecule has 0 atom stereocenters. The molecule has 2 aromatic carbocycles. The lowest BCUT2D eigenvalue weighted by atomic mass is 10.1. The monoisotopic (exact) mass is 399 g/mol. The van der Waals surface area contributed by atoms with E-state index in [0.717, 1.165) is 29.4 Å². The van der Waals surface area contributed by atoms with E-state index in [9.17, 15) is 0 Å². The summed E-state index contributed by atoms with van der Waals surface area (Å²) in [5.41, 5.74) is 3.42. The summed E-state index contributed by atoms with van der Waals surface area (Å²) < 4.78 is 16.6. The molecule has 2 rings (SSSR count). The molecule has 0 unspecified atom stereocenters. The van der Waals surface area contributed by atoms with Crippen molar-refractivity contribution in [3.8, 4) is 5.75 Å². The van der Waals surface area contributed by atoms with Crippen LogP contribution in [-0.2, 0) is 29.2 Å². The molecule has 0 spiro atoms. The minimum absolute atomic E-state index is 0.585. The highest BCUT2D eigenvalue weighted by Crippen LogP contribution is 2.17. The Morgan fingerprint density at radius 1 is 0.862 bits per heavy atom. The Kier molecular flexibility index (Phi) is 10.6. The summed E-state index contributed by atoms with van der Waals surface area (Å²) in [6.07, 6.45) is 0. The number of hydrogen-bond donors (Lipinski definition) is 2. The average molecular weight is 400 g/mol. The van der Waals surface area contributed by atoms with Crippen molar-refractivity contribution in [2.45, 2.75) is 33.5 Å². The number of para-hydroxylation sites is 1. The quantitative estimate of drug-likeness (QED) is 0.325. The second-order valence-corrected chi connectivity index (χ2v) is 6.39. The molecule has 2 aromatic rings. The van der Waals surface area contributed by atoms with Gasteiger partial charge in [0.2, 0.25) is 0 Å². The van der Waals surface area contributed by atoms with Crippen molar-refractivity contribution in [2.75, 3.05) is 33.5 Å². The van der Waals surface area contributed by atoms with Gasteiger partial charge in [-0.3, -0.25) is 4.99 Å². The summed E-state index contributed by atoms with van der Waals surface area (Å²) >= 11 is 0. The molecule has 0 aliphatic rings. The maximum absolute atomic E-state index is 5.68. The van der Waals surface area contributed by atoms with E-state index in [1.54, 1.807) is 7.05 Å². The van der Waals surface area contributed by atoms with Crippen molar-refractivity contribution in [3.05, 3.63) is 65.2 Å². The fourth-order valence-electron chi connectivity index (χ4n) is 2.81. The predicted octanol–water partition coefficient (Wildman–Crippen LogP) is 3.50. The van der Waals surface area contributed by atoms with Crippen LogP contribution in [0.2, 0.25) is 0 Å². The number of nitrogens with zero attached hydrogens (tertiary/aromatic N) is 1. The van der Waals surface area contributed by atoms with Crippen molar-refractivity contribution in [3.63, 3.8) is 0 Å². The van der Waals surface area contributed by atoms with E-state index in [1.807, 2.05) is 38.1 Å². The molecule has 2 N–H and O–H groups in total. The lowest BCUT2D eigenvalue weighted by Gasteiger charge is -2.14. The van der Waals surface area contributed by atoms with Crippen LogP contribution in [0, 0.1) is 0 Å². The number of rotatable bonds is 12. The Balaban J connectivity index is 1.81. The first-order valence-corrected chi connectivity index (χ1v) is 10.1. The molecule has 0 saturated carbocycles. The van der Waals surface area contributed by atoms with Gasteiger partial charge < -0.3 is 24.8 Å². The van der Waals surface area contributed by atoms with Gasteiger partial charge >= 0.3 is 0 Å². The van der Waals surface area contributed by atoms with Crippen LogP contribution in [-0.4, -0.2) is 39.4 Å². The van der Waals surface area contributed by atoms with Crippen LogP contribution in [0.3, 0.4) is 0 Å². The van der Waals surface area contributed by atoms with Crippen LogP contribution < -0.4 is 15.4 Å². The lowest BCUT2D eigenvalue weighted by molar-refractivity contribution is 0.0453. The molecule has 0 aromatic heterocycles. The molecule has 0 fully saturated rings. The molecule has 158 valence electrons. The summed E-state index contributed by atoms with van der Waals surface area (Å²) in [4.78, 5) is 4.31. The Labute approximate surface area is 174 Å². The third-order valence-electron chi connectivity index (χ3n) is 4.24. The van der Waals surface area contributed by atoms with Crippen molar-refractivity contribution >= 4 is 5.96 Å². The van der Waals surface area contributed by atoms with E-state index in [4.69, 9.17) is 14.2 Å². The van der Waals surface area contributed by atoms with Gasteiger partial charge in [-0.15, -0.1) is 0 Å². The van der Waals surface area contributed by atoms with E-state index >= 15 is 0 Å². The van der Waals surface area contributed by atoms with Gasteiger partial charge in [0, 0.05) is 32.3 Å². The first-order valence-electron chi connectivity index (χ1n) is 10.1. The number of ether oxygens (including phenoxy) is 3. The number of guanidine groups is 1. The van der Waals surface area contributed by atoms with Crippen molar-refractivity contribution in [1.82, 2.24) is 10.6 Å². The Bertz CT molecular complexity index is 750. The number of aliphatic imine (C=N–C) groups is 1. The largest absolute Gasteiger partial charge is 0.494 e. The highest BCUT2D eigenvalue weighted by Gasteiger charge is 2.04. The van der Waals surface area contributed by atoms with E-state index in [0.29, 0.717) is 39.5 Å². The van der Waals surface area contributed by atoms with Crippen LogP contribution in [0.15, 0.2) is 53.5 Å². The SMILES string of the molecule is CCOCCOCc1cccc(CNC(=NC)NCc2ccccc2OCC)c1. The van der Waals surface area contributed by atoms with Gasteiger partial charge in [0.05, 0.1) is 26.4 Å². The number of benzene rings is 2. The van der Waals surface area contributed by atoms with Crippen LogP contribution >= 0.6 is 0 Å². The molecule has 0 bridgehead atoms. The van der Waals surface area contributed by atoms with E-state index in [2.05, 4.69) is 39.9 Å². The van der Waals surface area contributed by atoms with Crippen LogP contribution in [0.25, 0.3) is 0 Å². The van der Waals surface area contributed by atoms with Crippen LogP contribution in [0.5, 0.6) is 5.75 Å². The first-order chi connectivity index (χ1) is 14.3. The molecule has 0 aliphatic carbocycles. The van der Waals surface area contributed by atoms with Gasteiger partial charge in [0.1, 0.15) is 5.75 Å². The minimum Gasteiger partial charge on any atom is -0.494 e. The van der Waals surface area contributed by atoms with Gasteiger partial charge in [0.25, 0.3) is 0 Å². The average Bonchev–Trinajstić information content (AvgIpc) is 2.75. The molecule has 29 heavy (non-hydrogen) atoms. The van der Waals surface area contributed by atoms with Crippen molar-refractivity contribution < 1.29 is 14.2 Å². The zero-order valence-corrected chi connectivity index (χ0v) is 17.7. The molecule has 0 aliphatic heterocycles. The lowest BCUT2D eigenvalue weighted by Crippen LogP contribution is -2.36. The van der Waals surface area contributed by atoms with Crippen molar-refractivity contribution in [2.24, 2.45) is 4.99 Å². The van der Waals surface area contributed by atoms with E-state index in [-0.39, 0.29) is 0 Å². The summed E-state index contributed by atoms with van der Waals surface area (Å²) in [6, 6.07) is 16.4. The standard InChI is InChI=1S/C23H33N3O3/c1-4-27-13-14-28-18-20-10-8-9-19(15-20)16-25-23(24-3)26-17-21-11-6-7-12-22(21)29-5-2/h6-12,15H,4-5,13-14,16-18H2,1-3H3,(H2,24,25,26). The Hall–Kier alpha value is -2.57. The maximum atomic E-state index is 5.68. The predicted molar refractivity (Wildman–Crippen MR) is 117 cm³/mol. The van der Waals surface area contributed by atoms with Gasteiger partial charge in [-0.2, -0.15) is 0 Å². The third-order valence-corrected chi connectivity index (χ3v) is 4.24. The van der Waals surface area contributed by atoms with Gasteiger partial charge in [-0.25, -0.2) is 0 Å². The zero-order valence-electron chi connectivity index (χ0n) is 17.7. The van der Waals surface area contributed by atoms with Gasteiger partial charge in [-0.1, -0.05) is 42.5 Å². The number of nitrogens with one attached hydrogen (secondary N) is 2. The highest BCUT2D eigenvalue weighted by molar-refractivity contribution is 5.79. The zero-order chi connectivity index (χ0) is 20.7. The maximum Gasteiger partial charge on any atom is 0.191 e. The van der Waals surface area contributed by atoms with Crippen molar-refractivity contribution in [1.29, 1.82) is 0 Å². The first kappa shape index (κ1) is 22.7. The van der Waals surface area contributed by atoms with Crippen LogP contribution in [0.4, 0.5) is 0 Å². The summed E-state index contributed by atoms with van der Waals surface area (Å²) in [5, 5.41) is 6.70. The third kappa shape index (κ3) is 8.54. The normalized spacial score (nSPS) is 11.3. The topological polar surface area (TPSA) is 64.1 Å². The van der Waals surface area contributed by atoms with Crippen LogP contribution in [0.1, 0.15) is 30.5 Å². The second-order valence-electron chi connectivity index (χ2n) is 6.39. The molecule has 0 heterocycles. The Morgan fingerprint density at radius 2 is 1.62 bits per heavy atom. The molecule has 6 nitrogen and oxygen atoms in total. The fourth-order valence-corrected chi connectivity index (χ4v) is 2.81. The minimum atomic E-state index is 0.585. The summed E-state index contributed by atoms with van der Waals surface area (Å²) in [5.74, 6) is 1.64. The number of hydrogen-bond acceptors (Lipinski definition) is 4. The summed E-state index contributed by atoms with van der Waals surface area (Å²) in [6.45, 7) is 8.49. The summed E-state index contributed by atoms with van der Waals surface area (Å²) in [7, 11) is 1.77. The molecular weight excluding hydrogens is 366 g/mol. The smallest absolute Gasteiger partial charge is 0.191 e. The molecule has 6 heteroatoms. The highest BCUT2D eigenvalue weighted by atomic mass is 16.5. The fraction of sp³-hybridized carbons (Fsp3) is 0.435. The molecule has 0 saturated heterocycles. The van der Waals surface area contributed by atoms with Gasteiger partial charge in [-0.05, 0) is 31.0 Å². The Morgan fingerprint density at radius 3 is 2.41 bits per heavy atom. The molecule has 0 radical (unpaired) electrons.